The molecule has 1 rings (SSSR count). The van der Waals surface area contributed by atoms with Crippen molar-refractivity contribution >= 4 is 21.7 Å². The summed E-state index contributed by atoms with van der Waals surface area (Å²) in [5, 5.41) is 1.92. The Labute approximate surface area is 124 Å². The van der Waals surface area contributed by atoms with Crippen LogP contribution in [-0.2, 0) is 19.4 Å². The number of carbonyl (C=O) groups excluding carboxylic acids is 2. The maximum atomic E-state index is 12.4. The molecule has 1 amide bonds. The lowest BCUT2D eigenvalue weighted by Crippen LogP contribution is -2.48. The Balaban J connectivity index is 2.96. The van der Waals surface area contributed by atoms with Crippen LogP contribution >= 0.6 is 0 Å². The Morgan fingerprint density at radius 2 is 1.77 bits per heavy atom. The molecule has 0 saturated heterocycles. The number of esters is 1. The lowest BCUT2D eigenvalue weighted by Gasteiger charge is -2.17. The number of ether oxygens (including phenoxy) is 1. The lowest BCUT2D eigenvalue weighted by molar-refractivity contribution is -0.142. The summed E-state index contributed by atoms with van der Waals surface area (Å²) >= 11 is 0. The largest absolute Gasteiger partial charge is 0.497 e. The fraction of sp³-hybridized carbons (Fsp3) is 0.333. The van der Waals surface area contributed by atoms with E-state index in [9.17, 15) is 31.2 Å². The van der Waals surface area contributed by atoms with Crippen molar-refractivity contribution in [1.82, 2.24) is 5.32 Å². The van der Waals surface area contributed by atoms with Crippen molar-refractivity contribution in [2.45, 2.75) is 11.6 Å². The zero-order valence-corrected chi connectivity index (χ0v) is 12.1. The molecule has 122 valence electrons. The van der Waals surface area contributed by atoms with Crippen LogP contribution in [0, 0.1) is 0 Å². The predicted octanol–water partition coefficient (Wildman–Crippen LogP) is 0.893. The monoisotopic (exact) mass is 339 g/mol. The molecule has 22 heavy (non-hydrogen) atoms. The van der Waals surface area contributed by atoms with E-state index >= 15 is 0 Å². The Morgan fingerprint density at radius 3 is 2.23 bits per heavy atom. The van der Waals surface area contributed by atoms with Gasteiger partial charge in [-0.1, -0.05) is 18.2 Å². The van der Waals surface area contributed by atoms with E-state index in [1.165, 1.54) is 24.3 Å². The number of hydrogen-bond acceptors (Lipinski definition) is 5. The summed E-state index contributed by atoms with van der Waals surface area (Å²) in [5.74, 6) is -3.83. The maximum Gasteiger partial charge on any atom is 0.497 e. The van der Waals surface area contributed by atoms with E-state index in [0.717, 1.165) is 7.11 Å². The summed E-state index contributed by atoms with van der Waals surface area (Å²) < 4.78 is 63.6. The number of benzene rings is 1. The zero-order chi connectivity index (χ0) is 17.0. The van der Waals surface area contributed by atoms with Crippen molar-refractivity contribution in [1.29, 1.82) is 0 Å². The summed E-state index contributed by atoms with van der Waals surface area (Å²) in [7, 11) is -4.73. The van der Waals surface area contributed by atoms with Crippen molar-refractivity contribution < 1.29 is 35.9 Å². The molecule has 0 spiro atoms. The lowest BCUT2D eigenvalue weighted by atomic mass is 10.2. The van der Waals surface area contributed by atoms with E-state index in [2.05, 4.69) is 4.74 Å². The molecular weight excluding hydrogens is 327 g/mol. The molecule has 1 atom stereocenters. The Morgan fingerprint density at radius 1 is 1.23 bits per heavy atom. The smallest absolute Gasteiger partial charge is 0.467 e. The highest BCUT2D eigenvalue weighted by Gasteiger charge is 2.48. The minimum Gasteiger partial charge on any atom is -0.467 e. The Bertz CT molecular complexity index is 642. The fourth-order valence-corrected chi connectivity index (χ4v) is 2.30. The number of halogens is 3. The summed E-state index contributed by atoms with van der Waals surface area (Å²) in [6, 6.07) is 5.32. The Hall–Kier alpha value is -2.10. The molecule has 0 aliphatic rings. The molecule has 6 nitrogen and oxygen atoms in total. The number of amides is 1. The topological polar surface area (TPSA) is 89.5 Å². The van der Waals surface area contributed by atoms with Gasteiger partial charge in [-0.05, 0) is 12.1 Å². The van der Waals surface area contributed by atoms with Gasteiger partial charge < -0.3 is 10.1 Å². The van der Waals surface area contributed by atoms with Gasteiger partial charge in [-0.3, -0.25) is 4.79 Å². The van der Waals surface area contributed by atoms with E-state index < -0.39 is 39.0 Å². The first-order valence-corrected chi connectivity index (χ1v) is 7.46. The third kappa shape index (κ3) is 4.45. The molecule has 0 unspecified atom stereocenters. The van der Waals surface area contributed by atoms with Crippen molar-refractivity contribution in [2.75, 3.05) is 12.9 Å². The van der Waals surface area contributed by atoms with Gasteiger partial charge in [0.05, 0.1) is 12.9 Å². The molecular formula is C12H12F3NO5S. The molecule has 0 saturated carbocycles. The highest BCUT2D eigenvalue weighted by Crippen LogP contribution is 2.24. The molecule has 1 N–H and O–H groups in total. The number of methoxy groups -OCH3 is 1. The number of sulfone groups is 1. The van der Waals surface area contributed by atoms with Gasteiger partial charge in [0.25, 0.3) is 5.91 Å². The highest BCUT2D eigenvalue weighted by atomic mass is 32.2. The van der Waals surface area contributed by atoms with Gasteiger partial charge in [0.1, 0.15) is 6.04 Å². The van der Waals surface area contributed by atoms with Crippen LogP contribution in [0.15, 0.2) is 30.3 Å². The fourth-order valence-electron chi connectivity index (χ4n) is 1.46. The van der Waals surface area contributed by atoms with E-state index in [4.69, 9.17) is 0 Å². The Kier molecular flexibility index (Phi) is 5.53. The predicted molar refractivity (Wildman–Crippen MR) is 69.6 cm³/mol. The van der Waals surface area contributed by atoms with Crippen LogP contribution in [0.2, 0.25) is 0 Å². The second-order valence-electron chi connectivity index (χ2n) is 4.14. The van der Waals surface area contributed by atoms with Crippen LogP contribution in [-0.4, -0.2) is 44.7 Å². The number of hydrogen-bond donors (Lipinski definition) is 1. The highest BCUT2D eigenvalue weighted by molar-refractivity contribution is 7.92. The van der Waals surface area contributed by atoms with Crippen LogP contribution in [0.3, 0.4) is 0 Å². The van der Waals surface area contributed by atoms with Crippen LogP contribution in [0.25, 0.3) is 0 Å². The summed E-state index contributed by atoms with van der Waals surface area (Å²) in [6.07, 6.45) is 0. The third-order valence-electron chi connectivity index (χ3n) is 2.57. The molecule has 0 fully saturated rings. The first kappa shape index (κ1) is 18.0. The van der Waals surface area contributed by atoms with E-state index in [-0.39, 0.29) is 5.56 Å². The van der Waals surface area contributed by atoms with Crippen molar-refractivity contribution in [3.8, 4) is 0 Å². The van der Waals surface area contributed by atoms with E-state index in [0.29, 0.717) is 0 Å². The minimum atomic E-state index is -5.60. The van der Waals surface area contributed by atoms with E-state index in [1.807, 2.05) is 5.32 Å². The van der Waals surface area contributed by atoms with Crippen molar-refractivity contribution in [3.05, 3.63) is 35.9 Å². The second-order valence-corrected chi connectivity index (χ2v) is 6.17. The van der Waals surface area contributed by atoms with Crippen molar-refractivity contribution in [3.63, 3.8) is 0 Å². The molecule has 0 bridgehead atoms. The quantitative estimate of drug-likeness (QED) is 0.805. The van der Waals surface area contributed by atoms with Crippen LogP contribution < -0.4 is 5.32 Å². The average molecular weight is 339 g/mol. The summed E-state index contributed by atoms with van der Waals surface area (Å²) in [4.78, 5) is 23.2. The summed E-state index contributed by atoms with van der Waals surface area (Å²) in [6.45, 7) is 0. The first-order valence-electron chi connectivity index (χ1n) is 5.81. The molecule has 0 aliphatic carbocycles. The minimum absolute atomic E-state index is 0.0563. The van der Waals surface area contributed by atoms with Crippen LogP contribution in [0.1, 0.15) is 10.4 Å². The number of rotatable bonds is 5. The normalized spacial score (nSPS) is 13.3. The van der Waals surface area contributed by atoms with Crippen molar-refractivity contribution in [2.24, 2.45) is 0 Å². The SMILES string of the molecule is COC(=O)[C@H](CS(=O)(=O)C(F)(F)F)NC(=O)c1ccccc1. The molecule has 1 aromatic rings. The maximum absolute atomic E-state index is 12.4. The number of alkyl halides is 3. The van der Waals surface area contributed by atoms with Gasteiger partial charge in [-0.15, -0.1) is 0 Å². The molecule has 0 aromatic heterocycles. The molecule has 0 aliphatic heterocycles. The summed E-state index contributed by atoms with van der Waals surface area (Å²) in [5.41, 5.74) is -5.47. The van der Waals surface area contributed by atoms with Gasteiger partial charge in [0, 0.05) is 5.56 Å². The van der Waals surface area contributed by atoms with Crippen LogP contribution in [0.4, 0.5) is 13.2 Å². The number of carbonyl (C=O) groups is 2. The van der Waals surface area contributed by atoms with Crippen LogP contribution in [0.5, 0.6) is 0 Å². The van der Waals surface area contributed by atoms with Gasteiger partial charge in [-0.2, -0.15) is 13.2 Å². The molecule has 0 heterocycles. The zero-order valence-electron chi connectivity index (χ0n) is 11.3. The standard InChI is InChI=1S/C12H12F3NO5S/c1-21-11(18)9(7-22(19,20)12(13,14)15)16-10(17)8-5-3-2-4-6-8/h2-6,9H,7H2,1H3,(H,16,17)/t9-/m0/s1. The van der Waals surface area contributed by atoms with Gasteiger partial charge >= 0.3 is 11.5 Å². The van der Waals surface area contributed by atoms with Gasteiger partial charge in [-0.25, -0.2) is 13.2 Å². The second kappa shape index (κ2) is 6.77. The molecule has 0 radical (unpaired) electrons. The van der Waals surface area contributed by atoms with Gasteiger partial charge in [0.15, 0.2) is 0 Å². The number of nitrogens with one attached hydrogen (secondary N) is 1. The third-order valence-corrected chi connectivity index (χ3v) is 4.04. The average Bonchev–Trinajstić information content (AvgIpc) is 2.45. The van der Waals surface area contributed by atoms with Gasteiger partial charge in [0.2, 0.25) is 9.84 Å². The van der Waals surface area contributed by atoms with E-state index in [1.54, 1.807) is 6.07 Å². The molecule has 10 heteroatoms. The first-order chi connectivity index (χ1) is 10.1. The molecule has 1 aromatic carbocycles.